The molecule has 0 fully saturated rings. The average Bonchev–Trinajstić information content (AvgIpc) is 2.89. The summed E-state index contributed by atoms with van der Waals surface area (Å²) >= 11 is 1.64. The Balaban J connectivity index is 0.00000192. The molecule has 0 radical (unpaired) electrons. The predicted octanol–water partition coefficient (Wildman–Crippen LogP) is 6.37. The number of halogens is 1. The van der Waals surface area contributed by atoms with E-state index in [1.165, 1.54) is 27.8 Å². The number of nitrogens with one attached hydrogen (secondary N) is 1. The van der Waals surface area contributed by atoms with Crippen LogP contribution in [0.25, 0.3) is 11.3 Å². The maximum Gasteiger partial charge on any atom is 0.187 e. The summed E-state index contributed by atoms with van der Waals surface area (Å²) in [6, 6.07) is 13.0. The van der Waals surface area contributed by atoms with Crippen LogP contribution in [-0.2, 0) is 0 Å². The van der Waals surface area contributed by atoms with Crippen LogP contribution < -0.4 is 5.32 Å². The molecular formula is C19H21BrN2S. The molecule has 3 aromatic rings. The lowest BCUT2D eigenvalue weighted by atomic mass is 10.1. The van der Waals surface area contributed by atoms with Gasteiger partial charge in [0, 0.05) is 16.6 Å². The number of hydrogen-bond donors (Lipinski definition) is 1. The predicted molar refractivity (Wildman–Crippen MR) is 107 cm³/mol. The molecule has 3 rings (SSSR count). The highest BCUT2D eigenvalue weighted by Crippen LogP contribution is 2.28. The Morgan fingerprint density at radius 2 is 1.57 bits per heavy atom. The molecule has 1 N–H and O–H groups in total. The topological polar surface area (TPSA) is 24.9 Å². The molecule has 0 bridgehead atoms. The summed E-state index contributed by atoms with van der Waals surface area (Å²) in [5.41, 5.74) is 8.43. The van der Waals surface area contributed by atoms with Gasteiger partial charge in [0.05, 0.1) is 5.69 Å². The first-order valence-corrected chi connectivity index (χ1v) is 8.28. The Bertz CT molecular complexity index is 804. The Hall–Kier alpha value is -1.65. The fourth-order valence-electron chi connectivity index (χ4n) is 2.53. The Kier molecular flexibility index (Phi) is 5.60. The fraction of sp³-hybridized carbons (Fsp3) is 0.211. The molecule has 0 spiro atoms. The summed E-state index contributed by atoms with van der Waals surface area (Å²) < 4.78 is 0. The SMILES string of the molecule is Br.Cc1cc(C)cc(Nc2nc(-c3ccc(C)c(C)c3)cs2)c1. The monoisotopic (exact) mass is 388 g/mol. The van der Waals surface area contributed by atoms with E-state index in [9.17, 15) is 0 Å². The number of benzene rings is 2. The smallest absolute Gasteiger partial charge is 0.187 e. The molecule has 0 amide bonds. The summed E-state index contributed by atoms with van der Waals surface area (Å²) in [4.78, 5) is 4.71. The van der Waals surface area contributed by atoms with E-state index in [0.717, 1.165) is 16.5 Å². The van der Waals surface area contributed by atoms with Crippen molar-refractivity contribution in [2.75, 3.05) is 5.32 Å². The fourth-order valence-corrected chi connectivity index (χ4v) is 3.27. The Labute approximate surface area is 152 Å². The number of hydrogen-bond acceptors (Lipinski definition) is 3. The van der Waals surface area contributed by atoms with Crippen molar-refractivity contribution < 1.29 is 0 Å². The summed E-state index contributed by atoms with van der Waals surface area (Å²) in [7, 11) is 0. The van der Waals surface area contributed by atoms with Crippen LogP contribution in [0.2, 0.25) is 0 Å². The van der Waals surface area contributed by atoms with Crippen LogP contribution in [0.1, 0.15) is 22.3 Å². The van der Waals surface area contributed by atoms with Gasteiger partial charge in [0.2, 0.25) is 0 Å². The number of rotatable bonds is 3. The van der Waals surface area contributed by atoms with Gasteiger partial charge in [-0.1, -0.05) is 18.2 Å². The van der Waals surface area contributed by atoms with Crippen molar-refractivity contribution in [2.45, 2.75) is 27.7 Å². The number of aromatic nitrogens is 1. The van der Waals surface area contributed by atoms with Gasteiger partial charge in [0.25, 0.3) is 0 Å². The molecule has 0 aliphatic rings. The molecule has 0 unspecified atom stereocenters. The lowest BCUT2D eigenvalue weighted by Gasteiger charge is -2.06. The quantitative estimate of drug-likeness (QED) is 0.563. The van der Waals surface area contributed by atoms with Gasteiger partial charge in [-0.3, -0.25) is 0 Å². The maximum atomic E-state index is 4.71. The van der Waals surface area contributed by atoms with Crippen molar-refractivity contribution in [1.29, 1.82) is 0 Å². The number of nitrogens with zero attached hydrogens (tertiary/aromatic N) is 1. The standard InChI is InChI=1S/C19H20N2S.BrH/c1-12-7-13(2)9-17(8-12)20-19-21-18(11-22-19)16-6-5-14(3)15(4)10-16;/h5-11H,1-4H3,(H,20,21);1H. The second-order valence-electron chi connectivity index (χ2n) is 5.84. The minimum atomic E-state index is 0. The summed E-state index contributed by atoms with van der Waals surface area (Å²) in [5, 5.41) is 6.44. The third-order valence-corrected chi connectivity index (χ3v) is 4.54. The zero-order valence-corrected chi connectivity index (χ0v) is 16.3. The van der Waals surface area contributed by atoms with E-state index in [2.05, 4.69) is 74.8 Å². The van der Waals surface area contributed by atoms with Crippen molar-refractivity contribution in [2.24, 2.45) is 0 Å². The minimum absolute atomic E-state index is 0. The second-order valence-corrected chi connectivity index (χ2v) is 6.70. The van der Waals surface area contributed by atoms with Crippen LogP contribution in [0.5, 0.6) is 0 Å². The summed E-state index contributed by atoms with van der Waals surface area (Å²) in [6.45, 7) is 8.49. The molecule has 23 heavy (non-hydrogen) atoms. The molecule has 2 aromatic carbocycles. The molecule has 0 atom stereocenters. The van der Waals surface area contributed by atoms with E-state index >= 15 is 0 Å². The van der Waals surface area contributed by atoms with E-state index < -0.39 is 0 Å². The first kappa shape index (κ1) is 17.7. The number of aryl methyl sites for hydroxylation is 4. The van der Waals surface area contributed by atoms with Gasteiger partial charge in [0.1, 0.15) is 0 Å². The number of anilines is 2. The first-order chi connectivity index (χ1) is 10.5. The zero-order chi connectivity index (χ0) is 15.7. The largest absolute Gasteiger partial charge is 0.332 e. The van der Waals surface area contributed by atoms with Crippen LogP contribution in [-0.4, -0.2) is 4.98 Å². The Morgan fingerprint density at radius 3 is 2.22 bits per heavy atom. The van der Waals surface area contributed by atoms with Crippen molar-refractivity contribution >= 4 is 39.1 Å². The summed E-state index contributed by atoms with van der Waals surface area (Å²) in [5.74, 6) is 0. The molecule has 4 heteroatoms. The van der Waals surface area contributed by atoms with Crippen molar-refractivity contribution in [3.05, 3.63) is 64.0 Å². The van der Waals surface area contributed by atoms with Crippen molar-refractivity contribution in [3.63, 3.8) is 0 Å². The van der Waals surface area contributed by atoms with Crippen LogP contribution >= 0.6 is 28.3 Å². The molecular weight excluding hydrogens is 368 g/mol. The van der Waals surface area contributed by atoms with Gasteiger partial charge < -0.3 is 5.32 Å². The highest BCUT2D eigenvalue weighted by atomic mass is 79.9. The van der Waals surface area contributed by atoms with E-state index in [-0.39, 0.29) is 17.0 Å². The highest BCUT2D eigenvalue weighted by Gasteiger charge is 2.06. The van der Waals surface area contributed by atoms with Gasteiger partial charge in [0.15, 0.2) is 5.13 Å². The van der Waals surface area contributed by atoms with Gasteiger partial charge in [-0.05, 0) is 68.1 Å². The van der Waals surface area contributed by atoms with Crippen LogP contribution in [0.15, 0.2) is 41.8 Å². The molecule has 0 saturated heterocycles. The van der Waals surface area contributed by atoms with Gasteiger partial charge in [-0.2, -0.15) is 0 Å². The number of thiazole rings is 1. The van der Waals surface area contributed by atoms with Gasteiger partial charge in [-0.25, -0.2) is 4.98 Å². The molecule has 0 aliphatic carbocycles. The molecule has 0 saturated carbocycles. The molecule has 1 heterocycles. The van der Waals surface area contributed by atoms with Crippen molar-refractivity contribution in [3.8, 4) is 11.3 Å². The first-order valence-electron chi connectivity index (χ1n) is 7.40. The van der Waals surface area contributed by atoms with Crippen LogP contribution in [0.3, 0.4) is 0 Å². The van der Waals surface area contributed by atoms with E-state index in [4.69, 9.17) is 4.98 Å². The molecule has 0 aliphatic heterocycles. The molecule has 120 valence electrons. The molecule has 2 nitrogen and oxygen atoms in total. The Morgan fingerprint density at radius 1 is 0.870 bits per heavy atom. The van der Waals surface area contributed by atoms with E-state index in [1.54, 1.807) is 11.3 Å². The third-order valence-electron chi connectivity index (χ3n) is 3.78. The van der Waals surface area contributed by atoms with Gasteiger partial charge in [-0.15, -0.1) is 28.3 Å². The third kappa shape index (κ3) is 4.21. The lowest BCUT2D eigenvalue weighted by molar-refractivity contribution is 1.32. The zero-order valence-electron chi connectivity index (χ0n) is 13.8. The van der Waals surface area contributed by atoms with E-state index in [1.807, 2.05) is 0 Å². The lowest BCUT2D eigenvalue weighted by Crippen LogP contribution is -1.91. The highest BCUT2D eigenvalue weighted by molar-refractivity contribution is 8.93. The second kappa shape index (κ2) is 7.28. The normalized spacial score (nSPS) is 10.3. The summed E-state index contributed by atoms with van der Waals surface area (Å²) in [6.07, 6.45) is 0. The minimum Gasteiger partial charge on any atom is -0.332 e. The molecule has 1 aromatic heterocycles. The maximum absolute atomic E-state index is 4.71. The van der Waals surface area contributed by atoms with Crippen molar-refractivity contribution in [1.82, 2.24) is 4.98 Å². The average molecular weight is 389 g/mol. The van der Waals surface area contributed by atoms with Crippen LogP contribution in [0, 0.1) is 27.7 Å². The van der Waals surface area contributed by atoms with E-state index in [0.29, 0.717) is 0 Å². The van der Waals surface area contributed by atoms with Gasteiger partial charge >= 0.3 is 0 Å². The van der Waals surface area contributed by atoms with Crippen LogP contribution in [0.4, 0.5) is 10.8 Å².